The van der Waals surface area contributed by atoms with E-state index in [4.69, 9.17) is 4.74 Å². The summed E-state index contributed by atoms with van der Waals surface area (Å²) in [6.07, 6.45) is 3.13. The molecule has 4 heteroatoms. The average molecular weight is 285 g/mol. The molecule has 0 aromatic heterocycles. The molecule has 0 fully saturated rings. The molecule has 0 aliphatic rings. The number of carbonyl (C=O) groups excluding carboxylic acids is 1. The second kappa shape index (κ2) is 7.24. The molecule has 2 aromatic carbocycles. The molecule has 0 radical (unpaired) electrons. The number of rotatable bonds is 5. The van der Waals surface area contributed by atoms with Crippen LogP contribution in [-0.4, -0.2) is 12.5 Å². The second-order valence-corrected chi connectivity index (χ2v) is 4.33. The molecule has 21 heavy (non-hydrogen) atoms. The van der Waals surface area contributed by atoms with E-state index >= 15 is 0 Å². The highest BCUT2D eigenvalue weighted by atomic mass is 19.1. The summed E-state index contributed by atoms with van der Waals surface area (Å²) in [7, 11) is 0. The zero-order valence-corrected chi connectivity index (χ0v) is 11.7. The van der Waals surface area contributed by atoms with Gasteiger partial charge in [-0.05, 0) is 55.0 Å². The Morgan fingerprint density at radius 1 is 1.14 bits per heavy atom. The minimum absolute atomic E-state index is 0.268. The zero-order chi connectivity index (χ0) is 15.1. The summed E-state index contributed by atoms with van der Waals surface area (Å²) in [4.78, 5) is 11.7. The molecule has 0 bridgehead atoms. The molecule has 2 rings (SSSR count). The highest BCUT2D eigenvalue weighted by Gasteiger charge is 1.98. The molecule has 0 aliphatic carbocycles. The first-order chi connectivity index (χ1) is 10.2. The van der Waals surface area contributed by atoms with E-state index in [1.807, 2.05) is 31.2 Å². The Hall–Kier alpha value is -2.62. The number of hydrogen-bond acceptors (Lipinski definition) is 2. The minimum atomic E-state index is -0.335. The molecule has 1 N–H and O–H groups in total. The molecule has 2 aromatic rings. The van der Waals surface area contributed by atoms with E-state index in [0.717, 1.165) is 11.3 Å². The molecule has 108 valence electrons. The maximum Gasteiger partial charge on any atom is 0.248 e. The molecule has 0 spiro atoms. The summed E-state index contributed by atoms with van der Waals surface area (Å²) in [5, 5.41) is 2.65. The zero-order valence-electron chi connectivity index (χ0n) is 11.7. The fourth-order valence-corrected chi connectivity index (χ4v) is 1.73. The predicted molar refractivity (Wildman–Crippen MR) is 81.7 cm³/mol. The Morgan fingerprint density at radius 3 is 2.43 bits per heavy atom. The molecule has 0 atom stereocenters. The van der Waals surface area contributed by atoms with Crippen molar-refractivity contribution >= 4 is 17.7 Å². The smallest absolute Gasteiger partial charge is 0.248 e. The van der Waals surface area contributed by atoms with Crippen LogP contribution in [-0.2, 0) is 4.79 Å². The van der Waals surface area contributed by atoms with E-state index in [1.54, 1.807) is 6.08 Å². The lowest BCUT2D eigenvalue weighted by Crippen LogP contribution is -2.07. The second-order valence-electron chi connectivity index (χ2n) is 4.33. The van der Waals surface area contributed by atoms with Crippen LogP contribution in [0.3, 0.4) is 0 Å². The number of carbonyl (C=O) groups is 1. The van der Waals surface area contributed by atoms with E-state index in [-0.39, 0.29) is 11.7 Å². The molecular weight excluding hydrogens is 269 g/mol. The summed E-state index contributed by atoms with van der Waals surface area (Å²) in [6.45, 7) is 2.54. The Bertz CT molecular complexity index is 618. The molecule has 0 saturated heterocycles. The third-order valence-electron chi connectivity index (χ3n) is 2.73. The van der Waals surface area contributed by atoms with Gasteiger partial charge >= 0.3 is 0 Å². The first-order valence-corrected chi connectivity index (χ1v) is 6.65. The number of amides is 1. The van der Waals surface area contributed by atoms with Crippen molar-refractivity contribution in [1.29, 1.82) is 0 Å². The Balaban J connectivity index is 1.93. The van der Waals surface area contributed by atoms with E-state index in [2.05, 4.69) is 5.32 Å². The lowest BCUT2D eigenvalue weighted by atomic mass is 10.2. The molecule has 0 aliphatic heterocycles. The van der Waals surface area contributed by atoms with E-state index in [1.165, 1.54) is 30.3 Å². The molecule has 0 heterocycles. The van der Waals surface area contributed by atoms with Gasteiger partial charge in [0.25, 0.3) is 0 Å². The standard InChI is InChI=1S/C17H16FNO2/c1-2-21-16-10-3-13(4-11-16)5-12-17(20)19-15-8-6-14(18)7-9-15/h3-12H,2H2,1H3,(H,19,20)/b12-5+. The fourth-order valence-electron chi connectivity index (χ4n) is 1.73. The number of anilines is 1. The van der Waals surface area contributed by atoms with Crippen molar-refractivity contribution in [2.45, 2.75) is 6.92 Å². The topological polar surface area (TPSA) is 38.3 Å². The molecule has 3 nitrogen and oxygen atoms in total. The number of benzene rings is 2. The number of hydrogen-bond donors (Lipinski definition) is 1. The van der Waals surface area contributed by atoms with Crippen LogP contribution in [0.1, 0.15) is 12.5 Å². The first-order valence-electron chi connectivity index (χ1n) is 6.65. The van der Waals surface area contributed by atoms with E-state index in [9.17, 15) is 9.18 Å². The van der Waals surface area contributed by atoms with Crippen LogP contribution in [0.2, 0.25) is 0 Å². The third-order valence-corrected chi connectivity index (χ3v) is 2.73. The van der Waals surface area contributed by atoms with Crippen molar-refractivity contribution in [3.05, 3.63) is 66.0 Å². The highest BCUT2D eigenvalue weighted by molar-refractivity contribution is 6.01. The lowest BCUT2D eigenvalue weighted by Gasteiger charge is -2.03. The maximum absolute atomic E-state index is 12.7. The Labute approximate surface area is 123 Å². The first kappa shape index (κ1) is 14.8. The van der Waals surface area contributed by atoms with Crippen LogP contribution in [0.4, 0.5) is 10.1 Å². The van der Waals surface area contributed by atoms with E-state index in [0.29, 0.717) is 12.3 Å². The number of nitrogens with one attached hydrogen (secondary N) is 1. The van der Waals surface area contributed by atoms with E-state index < -0.39 is 0 Å². The van der Waals surface area contributed by atoms with Gasteiger partial charge in [-0.25, -0.2) is 4.39 Å². The summed E-state index contributed by atoms with van der Waals surface area (Å²) in [6, 6.07) is 13.1. The van der Waals surface area contributed by atoms with Crippen molar-refractivity contribution in [1.82, 2.24) is 0 Å². The van der Waals surface area contributed by atoms with Gasteiger partial charge in [-0.3, -0.25) is 4.79 Å². The van der Waals surface area contributed by atoms with Gasteiger partial charge in [0.05, 0.1) is 6.61 Å². The normalized spacial score (nSPS) is 10.6. The van der Waals surface area contributed by atoms with Crippen molar-refractivity contribution in [3.8, 4) is 5.75 Å². The van der Waals surface area contributed by atoms with Gasteiger partial charge in [-0.15, -0.1) is 0 Å². The van der Waals surface area contributed by atoms with Gasteiger partial charge in [0.2, 0.25) is 5.91 Å². The van der Waals surface area contributed by atoms with Gasteiger partial charge in [0, 0.05) is 11.8 Å². The Kier molecular flexibility index (Phi) is 5.10. The lowest BCUT2D eigenvalue weighted by molar-refractivity contribution is -0.111. The summed E-state index contributed by atoms with van der Waals surface area (Å²) < 4.78 is 18.1. The third kappa shape index (κ3) is 4.76. The summed E-state index contributed by atoms with van der Waals surface area (Å²) in [5.41, 5.74) is 1.45. The van der Waals surface area contributed by atoms with Crippen molar-refractivity contribution in [2.75, 3.05) is 11.9 Å². The maximum atomic E-state index is 12.7. The molecular formula is C17H16FNO2. The van der Waals surface area contributed by atoms with Crippen LogP contribution in [0.5, 0.6) is 5.75 Å². The van der Waals surface area contributed by atoms with Crippen LogP contribution >= 0.6 is 0 Å². The van der Waals surface area contributed by atoms with Crippen LogP contribution in [0.15, 0.2) is 54.6 Å². The quantitative estimate of drug-likeness (QED) is 0.847. The van der Waals surface area contributed by atoms with Crippen LogP contribution < -0.4 is 10.1 Å². The number of halogens is 1. The van der Waals surface area contributed by atoms with Gasteiger partial charge < -0.3 is 10.1 Å². The fraction of sp³-hybridized carbons (Fsp3) is 0.118. The van der Waals surface area contributed by atoms with Crippen molar-refractivity contribution in [3.63, 3.8) is 0 Å². The summed E-state index contributed by atoms with van der Waals surface area (Å²) in [5.74, 6) is 0.193. The average Bonchev–Trinajstić information content (AvgIpc) is 2.49. The number of ether oxygens (including phenoxy) is 1. The van der Waals surface area contributed by atoms with Crippen molar-refractivity contribution in [2.24, 2.45) is 0 Å². The molecule has 0 unspecified atom stereocenters. The van der Waals surface area contributed by atoms with Gasteiger partial charge in [-0.1, -0.05) is 12.1 Å². The highest BCUT2D eigenvalue weighted by Crippen LogP contribution is 2.13. The predicted octanol–water partition coefficient (Wildman–Crippen LogP) is 3.88. The van der Waals surface area contributed by atoms with Gasteiger partial charge in [0.1, 0.15) is 11.6 Å². The van der Waals surface area contributed by atoms with Crippen LogP contribution in [0.25, 0.3) is 6.08 Å². The minimum Gasteiger partial charge on any atom is -0.494 e. The monoisotopic (exact) mass is 285 g/mol. The van der Waals surface area contributed by atoms with Gasteiger partial charge in [-0.2, -0.15) is 0 Å². The van der Waals surface area contributed by atoms with Crippen molar-refractivity contribution < 1.29 is 13.9 Å². The Morgan fingerprint density at radius 2 is 1.81 bits per heavy atom. The van der Waals surface area contributed by atoms with Gasteiger partial charge in [0.15, 0.2) is 0 Å². The SMILES string of the molecule is CCOc1ccc(/C=C/C(=O)Nc2ccc(F)cc2)cc1. The van der Waals surface area contributed by atoms with Crippen LogP contribution in [0, 0.1) is 5.82 Å². The summed E-state index contributed by atoms with van der Waals surface area (Å²) >= 11 is 0. The molecule has 0 saturated carbocycles. The molecule has 1 amide bonds. The largest absolute Gasteiger partial charge is 0.494 e.